The Morgan fingerprint density at radius 2 is 1.86 bits per heavy atom. The SMILES string of the molecule is Cc1cc(Nc2ncc(Cl)c(-c3ccc4c(c3)C(=O)N(C(C)C(=O)NC(C)c3cccc(N5CCN(C)CC5)n3)C4)n2)on1. The third kappa shape index (κ3) is 6.08. The summed E-state index contributed by atoms with van der Waals surface area (Å²) >= 11 is 6.46. The molecule has 6 rings (SSSR count). The van der Waals surface area contributed by atoms with Crippen molar-refractivity contribution in [3.8, 4) is 11.3 Å². The summed E-state index contributed by atoms with van der Waals surface area (Å²) in [5.41, 5.74) is 3.94. The van der Waals surface area contributed by atoms with Gasteiger partial charge in [0, 0.05) is 49.9 Å². The molecule has 13 heteroatoms. The number of hydrogen-bond donors (Lipinski definition) is 2. The first-order chi connectivity index (χ1) is 21.2. The Morgan fingerprint density at radius 3 is 2.61 bits per heavy atom. The minimum Gasteiger partial charge on any atom is -0.354 e. The topological polar surface area (TPSA) is 133 Å². The van der Waals surface area contributed by atoms with Gasteiger partial charge >= 0.3 is 0 Å². The van der Waals surface area contributed by atoms with Crippen LogP contribution in [0.3, 0.4) is 0 Å². The number of amides is 2. The van der Waals surface area contributed by atoms with Gasteiger partial charge in [0.1, 0.15) is 11.9 Å². The molecule has 0 aliphatic carbocycles. The summed E-state index contributed by atoms with van der Waals surface area (Å²) in [6.07, 6.45) is 1.49. The van der Waals surface area contributed by atoms with E-state index in [1.54, 1.807) is 24.0 Å². The van der Waals surface area contributed by atoms with Crippen LogP contribution in [0, 0.1) is 6.92 Å². The first-order valence-corrected chi connectivity index (χ1v) is 14.9. The number of aryl methyl sites for hydroxylation is 1. The molecule has 5 heterocycles. The molecular weight excluding hydrogens is 582 g/mol. The third-order valence-electron chi connectivity index (χ3n) is 8.05. The number of piperazine rings is 1. The lowest BCUT2D eigenvalue weighted by Gasteiger charge is -2.33. The van der Waals surface area contributed by atoms with Crippen molar-refractivity contribution in [2.75, 3.05) is 43.4 Å². The summed E-state index contributed by atoms with van der Waals surface area (Å²) in [6.45, 7) is 9.57. The fourth-order valence-corrected chi connectivity index (χ4v) is 5.59. The average molecular weight is 616 g/mol. The summed E-state index contributed by atoms with van der Waals surface area (Å²) < 4.78 is 5.19. The van der Waals surface area contributed by atoms with Crippen LogP contribution in [-0.2, 0) is 11.3 Å². The van der Waals surface area contributed by atoms with Crippen molar-refractivity contribution >= 4 is 41.1 Å². The van der Waals surface area contributed by atoms with Crippen LogP contribution in [0.2, 0.25) is 5.02 Å². The van der Waals surface area contributed by atoms with Crippen LogP contribution >= 0.6 is 11.6 Å². The van der Waals surface area contributed by atoms with Crippen LogP contribution in [0.1, 0.15) is 47.2 Å². The highest BCUT2D eigenvalue weighted by molar-refractivity contribution is 6.33. The Bertz CT molecular complexity index is 1700. The highest BCUT2D eigenvalue weighted by Gasteiger charge is 2.35. The van der Waals surface area contributed by atoms with Gasteiger partial charge in [-0.2, -0.15) is 0 Å². The van der Waals surface area contributed by atoms with Crippen molar-refractivity contribution in [2.45, 2.75) is 39.4 Å². The molecule has 0 bridgehead atoms. The molecule has 0 saturated carbocycles. The Balaban J connectivity index is 1.13. The van der Waals surface area contributed by atoms with Crippen LogP contribution in [0.15, 0.2) is 53.2 Å². The van der Waals surface area contributed by atoms with E-state index in [4.69, 9.17) is 21.1 Å². The van der Waals surface area contributed by atoms with Gasteiger partial charge in [-0.1, -0.05) is 35.0 Å². The molecular formula is C31H34ClN9O3. The third-order valence-corrected chi connectivity index (χ3v) is 8.33. The van der Waals surface area contributed by atoms with Crippen LogP contribution in [0.5, 0.6) is 0 Å². The van der Waals surface area contributed by atoms with E-state index in [0.29, 0.717) is 40.0 Å². The molecule has 0 spiro atoms. The van der Waals surface area contributed by atoms with Gasteiger partial charge in [0.15, 0.2) is 0 Å². The van der Waals surface area contributed by atoms with Crippen molar-refractivity contribution < 1.29 is 14.1 Å². The Labute approximate surface area is 260 Å². The lowest BCUT2D eigenvalue weighted by molar-refractivity contribution is -0.125. The average Bonchev–Trinajstić information content (AvgIpc) is 3.59. The number of nitrogens with zero attached hydrogens (tertiary/aromatic N) is 7. The van der Waals surface area contributed by atoms with Gasteiger partial charge in [-0.15, -0.1) is 0 Å². The van der Waals surface area contributed by atoms with Crippen LogP contribution in [0.25, 0.3) is 11.3 Å². The molecule has 2 N–H and O–H groups in total. The first-order valence-electron chi connectivity index (χ1n) is 14.5. The number of anilines is 3. The molecule has 1 aromatic carbocycles. The molecule has 4 aromatic rings. The van der Waals surface area contributed by atoms with Crippen molar-refractivity contribution in [3.63, 3.8) is 0 Å². The van der Waals surface area contributed by atoms with Gasteiger partial charge in [0.25, 0.3) is 5.91 Å². The molecule has 1 fully saturated rings. The van der Waals surface area contributed by atoms with Crippen molar-refractivity contribution in [1.29, 1.82) is 0 Å². The van der Waals surface area contributed by atoms with E-state index >= 15 is 0 Å². The second-order valence-electron chi connectivity index (χ2n) is 11.3. The lowest BCUT2D eigenvalue weighted by atomic mass is 10.0. The molecule has 2 unspecified atom stereocenters. The minimum absolute atomic E-state index is 0.229. The quantitative estimate of drug-likeness (QED) is 0.297. The molecule has 2 aliphatic heterocycles. The highest BCUT2D eigenvalue weighted by atomic mass is 35.5. The van der Waals surface area contributed by atoms with E-state index in [1.165, 1.54) is 6.20 Å². The van der Waals surface area contributed by atoms with Gasteiger partial charge in [-0.3, -0.25) is 14.9 Å². The van der Waals surface area contributed by atoms with E-state index < -0.39 is 6.04 Å². The molecule has 228 valence electrons. The predicted molar refractivity (Wildman–Crippen MR) is 167 cm³/mol. The normalized spacial score (nSPS) is 16.5. The van der Waals surface area contributed by atoms with Crippen LogP contribution < -0.4 is 15.5 Å². The Kier molecular flexibility index (Phi) is 8.19. The summed E-state index contributed by atoms with van der Waals surface area (Å²) in [4.78, 5) is 46.6. The van der Waals surface area contributed by atoms with Gasteiger partial charge < -0.3 is 24.5 Å². The molecule has 1 saturated heterocycles. The zero-order chi connectivity index (χ0) is 31.0. The molecule has 44 heavy (non-hydrogen) atoms. The molecule has 0 radical (unpaired) electrons. The van der Waals surface area contributed by atoms with Gasteiger partial charge in [0.2, 0.25) is 17.7 Å². The number of hydrogen-bond acceptors (Lipinski definition) is 10. The maximum Gasteiger partial charge on any atom is 0.255 e. The van der Waals surface area contributed by atoms with Crippen molar-refractivity contribution in [3.05, 3.63) is 76.2 Å². The number of likely N-dealkylation sites (N-methyl/N-ethyl adjacent to an activating group) is 1. The number of benzene rings is 1. The fraction of sp³-hybridized carbons (Fsp3) is 0.355. The van der Waals surface area contributed by atoms with Crippen LogP contribution in [0.4, 0.5) is 17.7 Å². The second kappa shape index (κ2) is 12.2. The summed E-state index contributed by atoms with van der Waals surface area (Å²) in [6, 6.07) is 12.1. The number of nitrogens with one attached hydrogen (secondary N) is 2. The summed E-state index contributed by atoms with van der Waals surface area (Å²) in [7, 11) is 2.12. The van der Waals surface area contributed by atoms with Gasteiger partial charge in [-0.25, -0.2) is 15.0 Å². The van der Waals surface area contributed by atoms with Crippen LogP contribution in [-0.4, -0.2) is 81.0 Å². The zero-order valence-corrected chi connectivity index (χ0v) is 25.8. The standard InChI is InChI=1S/C31H34ClN9O3/c1-18-14-27(44-38-18)36-31-33-16-24(32)28(37-31)21-8-9-22-17-41(30(43)23(22)15-21)20(3)29(42)34-19(2)25-6-5-7-26(35-25)40-12-10-39(4)11-13-40/h5-9,14-16,19-20H,10-13,17H2,1-4H3,(H,34,42)(H,33,36,37). The Morgan fingerprint density at radius 1 is 1.07 bits per heavy atom. The number of carbonyl (C=O) groups is 2. The zero-order valence-electron chi connectivity index (χ0n) is 25.0. The van der Waals surface area contributed by atoms with E-state index in [9.17, 15) is 9.59 Å². The number of fused-ring (bicyclic) bond motifs is 1. The number of aromatic nitrogens is 4. The molecule has 2 atom stereocenters. The Hall–Kier alpha value is -4.55. The molecule has 2 amide bonds. The highest BCUT2D eigenvalue weighted by Crippen LogP contribution is 2.33. The molecule has 12 nitrogen and oxygen atoms in total. The predicted octanol–water partition coefficient (Wildman–Crippen LogP) is 4.21. The maximum absolute atomic E-state index is 13.5. The van der Waals surface area contributed by atoms with Gasteiger partial charge in [0.05, 0.1) is 34.3 Å². The number of pyridine rings is 1. The maximum atomic E-state index is 13.5. The fourth-order valence-electron chi connectivity index (χ4n) is 5.39. The van der Waals surface area contributed by atoms with Gasteiger partial charge in [-0.05, 0) is 51.6 Å². The summed E-state index contributed by atoms with van der Waals surface area (Å²) in [5, 5.41) is 10.2. The monoisotopic (exact) mass is 615 g/mol. The number of rotatable bonds is 8. The van der Waals surface area contributed by atoms with E-state index in [1.807, 2.05) is 44.2 Å². The smallest absolute Gasteiger partial charge is 0.255 e. The van der Waals surface area contributed by atoms with Crippen molar-refractivity contribution in [1.82, 2.24) is 35.2 Å². The lowest BCUT2D eigenvalue weighted by Crippen LogP contribution is -2.46. The minimum atomic E-state index is -0.689. The second-order valence-corrected chi connectivity index (χ2v) is 11.7. The number of halogens is 1. The van der Waals surface area contributed by atoms with Crippen molar-refractivity contribution in [2.24, 2.45) is 0 Å². The largest absolute Gasteiger partial charge is 0.354 e. The first kappa shape index (κ1) is 29.5. The number of carbonyl (C=O) groups excluding carboxylic acids is 2. The summed E-state index contributed by atoms with van der Waals surface area (Å²) in [5.74, 6) is 1.11. The van der Waals surface area contributed by atoms with E-state index in [0.717, 1.165) is 43.3 Å². The molecule has 3 aromatic heterocycles. The van der Waals surface area contributed by atoms with E-state index in [-0.39, 0.29) is 23.8 Å². The van der Waals surface area contributed by atoms with E-state index in [2.05, 4.69) is 42.6 Å². The molecule has 2 aliphatic rings.